The van der Waals surface area contributed by atoms with Crippen LogP contribution in [0, 0.1) is 5.92 Å². The number of hydroxylamine groups is 1. The zero-order valence-electron chi connectivity index (χ0n) is 15.2. The summed E-state index contributed by atoms with van der Waals surface area (Å²) >= 11 is 0. The van der Waals surface area contributed by atoms with Crippen molar-refractivity contribution in [3.8, 4) is 11.5 Å². The summed E-state index contributed by atoms with van der Waals surface area (Å²) in [4.78, 5) is 14.0. The van der Waals surface area contributed by atoms with E-state index in [4.69, 9.17) is 14.7 Å². The largest absolute Gasteiger partial charge is 0.497 e. The van der Waals surface area contributed by atoms with Crippen molar-refractivity contribution in [1.29, 1.82) is 0 Å². The first-order valence-electron chi connectivity index (χ1n) is 8.64. The van der Waals surface area contributed by atoms with E-state index in [1.54, 1.807) is 24.7 Å². The molecule has 0 radical (unpaired) electrons. The lowest BCUT2D eigenvalue weighted by Crippen LogP contribution is -2.41. The second-order valence-electron chi connectivity index (χ2n) is 6.71. The summed E-state index contributed by atoms with van der Waals surface area (Å²) in [5, 5.41) is 8.84. The lowest BCUT2D eigenvalue weighted by Gasteiger charge is -2.34. The van der Waals surface area contributed by atoms with E-state index >= 15 is 0 Å². The van der Waals surface area contributed by atoms with Gasteiger partial charge in [0.05, 0.1) is 13.2 Å². The van der Waals surface area contributed by atoms with Gasteiger partial charge < -0.3 is 14.4 Å². The van der Waals surface area contributed by atoms with Gasteiger partial charge in [0.1, 0.15) is 18.1 Å². The Hall–Kier alpha value is -2.73. The summed E-state index contributed by atoms with van der Waals surface area (Å²) in [6.07, 6.45) is 0. The van der Waals surface area contributed by atoms with Crippen LogP contribution in [0.4, 0.5) is 5.69 Å². The molecule has 6 heteroatoms. The molecule has 1 heterocycles. The predicted molar refractivity (Wildman–Crippen MR) is 99.0 cm³/mol. The quantitative estimate of drug-likeness (QED) is 0.650. The molecule has 0 bridgehead atoms. The van der Waals surface area contributed by atoms with E-state index in [0.29, 0.717) is 30.4 Å². The second kappa shape index (κ2) is 7.66. The van der Waals surface area contributed by atoms with Gasteiger partial charge in [-0.15, -0.1) is 0 Å². The van der Waals surface area contributed by atoms with Gasteiger partial charge in [-0.05, 0) is 42.3 Å². The second-order valence-corrected chi connectivity index (χ2v) is 6.71. The van der Waals surface area contributed by atoms with Gasteiger partial charge in [0.15, 0.2) is 0 Å². The van der Waals surface area contributed by atoms with Gasteiger partial charge in [0.2, 0.25) is 0 Å². The molecular formula is C20H24N2O4. The van der Waals surface area contributed by atoms with Crippen molar-refractivity contribution in [3.63, 3.8) is 0 Å². The highest BCUT2D eigenvalue weighted by Crippen LogP contribution is 2.32. The van der Waals surface area contributed by atoms with E-state index in [1.807, 2.05) is 30.3 Å². The molecule has 1 amide bonds. The van der Waals surface area contributed by atoms with Gasteiger partial charge in [-0.3, -0.25) is 10.0 Å². The Balaban J connectivity index is 1.95. The number of carbonyl (C=O) groups is 1. The first kappa shape index (κ1) is 18.1. The smallest absolute Gasteiger partial charge is 0.274 e. The van der Waals surface area contributed by atoms with Crippen molar-refractivity contribution >= 4 is 11.6 Å². The van der Waals surface area contributed by atoms with E-state index in [0.717, 1.165) is 17.0 Å². The van der Waals surface area contributed by atoms with E-state index < -0.39 is 5.91 Å². The average molecular weight is 356 g/mol. The van der Waals surface area contributed by atoms with Gasteiger partial charge in [-0.1, -0.05) is 19.9 Å². The minimum absolute atomic E-state index is 0.186. The molecular weight excluding hydrogens is 332 g/mol. The number of ether oxygens (including phenoxy) is 2. The SMILES string of the molecule is COc1ccc(N2Cc3ccc(C(=O)NO)cc3OCC2C(C)C)cc1. The molecule has 1 unspecified atom stereocenters. The van der Waals surface area contributed by atoms with Crippen LogP contribution in [-0.2, 0) is 6.54 Å². The lowest BCUT2D eigenvalue weighted by molar-refractivity contribution is 0.0706. The standard InChI is InChI=1S/C20H24N2O4/c1-13(2)18-12-26-19-10-14(20(23)21-24)4-5-15(19)11-22(18)16-6-8-17(25-3)9-7-16/h4-10,13,18,24H,11-12H2,1-3H3,(H,21,23). The molecule has 0 saturated carbocycles. The number of nitrogens with one attached hydrogen (secondary N) is 1. The van der Waals surface area contributed by atoms with Gasteiger partial charge in [-0.2, -0.15) is 0 Å². The van der Waals surface area contributed by atoms with Crippen molar-refractivity contribution < 1.29 is 19.5 Å². The third-order valence-corrected chi connectivity index (χ3v) is 4.76. The van der Waals surface area contributed by atoms with Gasteiger partial charge in [0, 0.05) is 23.4 Å². The van der Waals surface area contributed by atoms with E-state index in [2.05, 4.69) is 18.7 Å². The first-order chi connectivity index (χ1) is 12.5. The van der Waals surface area contributed by atoms with Crippen LogP contribution < -0.4 is 19.9 Å². The third-order valence-electron chi connectivity index (χ3n) is 4.76. The van der Waals surface area contributed by atoms with Crippen molar-refractivity contribution in [2.45, 2.75) is 26.4 Å². The zero-order valence-corrected chi connectivity index (χ0v) is 15.2. The summed E-state index contributed by atoms with van der Waals surface area (Å²) in [5.41, 5.74) is 4.12. The minimum atomic E-state index is -0.548. The van der Waals surface area contributed by atoms with Crippen molar-refractivity contribution in [1.82, 2.24) is 5.48 Å². The monoisotopic (exact) mass is 356 g/mol. The Morgan fingerprint density at radius 3 is 2.62 bits per heavy atom. The number of benzene rings is 2. The maximum atomic E-state index is 11.7. The fraction of sp³-hybridized carbons (Fsp3) is 0.350. The minimum Gasteiger partial charge on any atom is -0.497 e. The molecule has 2 aromatic carbocycles. The van der Waals surface area contributed by atoms with Gasteiger partial charge in [-0.25, -0.2) is 5.48 Å². The molecule has 0 aromatic heterocycles. The number of methoxy groups -OCH3 is 1. The maximum absolute atomic E-state index is 11.7. The molecule has 1 aliphatic rings. The van der Waals surface area contributed by atoms with E-state index in [-0.39, 0.29) is 6.04 Å². The average Bonchev–Trinajstić information content (AvgIpc) is 2.86. The molecule has 3 rings (SSSR count). The van der Waals surface area contributed by atoms with Crippen LogP contribution in [-0.4, -0.2) is 30.9 Å². The van der Waals surface area contributed by atoms with E-state index in [9.17, 15) is 4.79 Å². The molecule has 0 spiro atoms. The number of nitrogens with zero attached hydrogens (tertiary/aromatic N) is 1. The first-order valence-corrected chi connectivity index (χ1v) is 8.64. The molecule has 0 fully saturated rings. The molecule has 6 nitrogen and oxygen atoms in total. The Morgan fingerprint density at radius 1 is 1.27 bits per heavy atom. The molecule has 1 aliphatic heterocycles. The zero-order chi connectivity index (χ0) is 18.7. The topological polar surface area (TPSA) is 71.0 Å². The summed E-state index contributed by atoms with van der Waals surface area (Å²) in [6, 6.07) is 13.4. The number of amides is 1. The normalized spacial score (nSPS) is 16.5. The summed E-state index contributed by atoms with van der Waals surface area (Å²) in [6.45, 7) is 5.53. The Bertz CT molecular complexity index is 774. The summed E-state index contributed by atoms with van der Waals surface area (Å²) in [7, 11) is 1.65. The molecule has 26 heavy (non-hydrogen) atoms. The fourth-order valence-electron chi connectivity index (χ4n) is 3.20. The van der Waals surface area contributed by atoms with Crippen molar-refractivity contribution in [2.24, 2.45) is 5.92 Å². The lowest BCUT2D eigenvalue weighted by atomic mass is 10.0. The number of hydrogen-bond acceptors (Lipinski definition) is 5. The van der Waals surface area contributed by atoms with Crippen LogP contribution in [0.2, 0.25) is 0 Å². The maximum Gasteiger partial charge on any atom is 0.274 e. The highest BCUT2D eigenvalue weighted by Gasteiger charge is 2.28. The Morgan fingerprint density at radius 2 is 2.00 bits per heavy atom. The molecule has 2 N–H and O–H groups in total. The highest BCUT2D eigenvalue weighted by atomic mass is 16.5. The third kappa shape index (κ3) is 3.60. The van der Waals surface area contributed by atoms with Gasteiger partial charge in [0.25, 0.3) is 5.91 Å². The summed E-state index contributed by atoms with van der Waals surface area (Å²) < 4.78 is 11.3. The molecule has 2 aromatic rings. The number of carbonyl (C=O) groups excluding carboxylic acids is 1. The number of fused-ring (bicyclic) bond motifs is 1. The van der Waals surface area contributed by atoms with Crippen LogP contribution in [0.25, 0.3) is 0 Å². The van der Waals surface area contributed by atoms with Crippen LogP contribution in [0.3, 0.4) is 0 Å². The van der Waals surface area contributed by atoms with Crippen molar-refractivity contribution in [3.05, 3.63) is 53.6 Å². The van der Waals surface area contributed by atoms with Crippen LogP contribution in [0.1, 0.15) is 29.8 Å². The number of hydrogen-bond donors (Lipinski definition) is 2. The highest BCUT2D eigenvalue weighted by molar-refractivity contribution is 5.93. The number of rotatable bonds is 4. The van der Waals surface area contributed by atoms with Gasteiger partial charge >= 0.3 is 0 Å². The predicted octanol–water partition coefficient (Wildman–Crippen LogP) is 3.24. The Labute approximate surface area is 153 Å². The van der Waals surface area contributed by atoms with Crippen LogP contribution in [0.15, 0.2) is 42.5 Å². The van der Waals surface area contributed by atoms with Crippen LogP contribution >= 0.6 is 0 Å². The number of anilines is 1. The molecule has 1 atom stereocenters. The molecule has 138 valence electrons. The van der Waals surface area contributed by atoms with Crippen LogP contribution in [0.5, 0.6) is 11.5 Å². The fourth-order valence-corrected chi connectivity index (χ4v) is 3.20. The molecule has 0 saturated heterocycles. The van der Waals surface area contributed by atoms with Crippen molar-refractivity contribution in [2.75, 3.05) is 18.6 Å². The molecule has 0 aliphatic carbocycles. The Kier molecular flexibility index (Phi) is 5.32. The summed E-state index contributed by atoms with van der Waals surface area (Å²) in [5.74, 6) is 1.33. The van der Waals surface area contributed by atoms with E-state index in [1.165, 1.54) is 0 Å².